The van der Waals surface area contributed by atoms with E-state index in [2.05, 4.69) is 5.32 Å². The van der Waals surface area contributed by atoms with Crippen LogP contribution in [0.4, 0.5) is 0 Å². The van der Waals surface area contributed by atoms with Gasteiger partial charge >= 0.3 is 0 Å². The number of piperazine rings is 1. The minimum atomic E-state index is -3.59. The van der Waals surface area contributed by atoms with E-state index < -0.39 is 10.0 Å². The number of nitrogens with one attached hydrogen (secondary N) is 1. The summed E-state index contributed by atoms with van der Waals surface area (Å²) in [6.45, 7) is 1.89. The van der Waals surface area contributed by atoms with Crippen LogP contribution in [0.25, 0.3) is 0 Å². The molecule has 21 heavy (non-hydrogen) atoms. The van der Waals surface area contributed by atoms with Crippen LogP contribution in [-0.4, -0.2) is 37.9 Å². The van der Waals surface area contributed by atoms with E-state index in [1.54, 1.807) is 4.31 Å². The number of hydrogen-bond acceptors (Lipinski definition) is 4. The van der Waals surface area contributed by atoms with Gasteiger partial charge in [0.25, 0.3) is 0 Å². The standard InChI is InChI=1S/C13H18Cl2N2O2S2/c14-11-8-10(12(15)20-11)21(18,19)17-7-6-16-9-13(17)4-2-1-3-5-13/h8,16H,1-7,9H2. The maximum Gasteiger partial charge on any atom is 0.246 e. The highest BCUT2D eigenvalue weighted by molar-refractivity contribution is 7.89. The van der Waals surface area contributed by atoms with Crippen molar-refractivity contribution in [2.24, 2.45) is 0 Å². The Kier molecular flexibility index (Phi) is 4.56. The van der Waals surface area contributed by atoms with Crippen molar-refractivity contribution in [3.05, 3.63) is 14.7 Å². The third-order valence-electron chi connectivity index (χ3n) is 4.45. The minimum Gasteiger partial charge on any atom is -0.314 e. The van der Waals surface area contributed by atoms with Gasteiger partial charge in [-0.15, -0.1) is 11.3 Å². The van der Waals surface area contributed by atoms with E-state index in [1.807, 2.05) is 0 Å². The van der Waals surface area contributed by atoms with Gasteiger partial charge in [0.2, 0.25) is 10.0 Å². The van der Waals surface area contributed by atoms with Crippen LogP contribution in [0.3, 0.4) is 0 Å². The Bertz CT molecular complexity index is 616. The minimum absolute atomic E-state index is 0.158. The third-order valence-corrected chi connectivity index (χ3v) is 8.21. The first-order valence-electron chi connectivity index (χ1n) is 7.14. The summed E-state index contributed by atoms with van der Waals surface area (Å²) in [6.07, 6.45) is 5.15. The molecular weight excluding hydrogens is 351 g/mol. The summed E-state index contributed by atoms with van der Waals surface area (Å²) in [4.78, 5) is 0.158. The van der Waals surface area contributed by atoms with Gasteiger partial charge in [-0.3, -0.25) is 0 Å². The van der Waals surface area contributed by atoms with Gasteiger partial charge in [0, 0.05) is 25.2 Å². The lowest BCUT2D eigenvalue weighted by Gasteiger charge is -2.48. The fourth-order valence-corrected chi connectivity index (χ4v) is 7.40. The van der Waals surface area contributed by atoms with Gasteiger partial charge in [-0.2, -0.15) is 4.31 Å². The van der Waals surface area contributed by atoms with Gasteiger partial charge in [-0.25, -0.2) is 8.42 Å². The molecule has 0 amide bonds. The van der Waals surface area contributed by atoms with Crippen molar-refractivity contribution in [1.82, 2.24) is 9.62 Å². The molecule has 1 spiro atoms. The fourth-order valence-electron chi connectivity index (χ4n) is 3.46. The third kappa shape index (κ3) is 2.86. The molecule has 2 fully saturated rings. The molecular formula is C13H18Cl2N2O2S2. The van der Waals surface area contributed by atoms with Crippen molar-refractivity contribution in [2.75, 3.05) is 19.6 Å². The van der Waals surface area contributed by atoms with Crippen LogP contribution in [0.5, 0.6) is 0 Å². The highest BCUT2D eigenvalue weighted by Gasteiger charge is 2.46. The van der Waals surface area contributed by atoms with Crippen LogP contribution in [0.2, 0.25) is 8.67 Å². The summed E-state index contributed by atoms with van der Waals surface area (Å²) in [5, 5.41) is 3.36. The average molecular weight is 369 g/mol. The zero-order valence-corrected chi connectivity index (χ0v) is 14.7. The quantitative estimate of drug-likeness (QED) is 0.870. The van der Waals surface area contributed by atoms with Crippen molar-refractivity contribution in [3.8, 4) is 0 Å². The summed E-state index contributed by atoms with van der Waals surface area (Å²) in [5.41, 5.74) is -0.299. The van der Waals surface area contributed by atoms with Crippen molar-refractivity contribution in [1.29, 1.82) is 0 Å². The van der Waals surface area contributed by atoms with Crippen LogP contribution in [-0.2, 0) is 10.0 Å². The zero-order valence-electron chi connectivity index (χ0n) is 11.6. The smallest absolute Gasteiger partial charge is 0.246 e. The molecule has 1 aliphatic carbocycles. The lowest BCUT2D eigenvalue weighted by atomic mass is 9.80. The molecule has 0 aromatic carbocycles. The molecule has 1 N–H and O–H groups in total. The second-order valence-electron chi connectivity index (χ2n) is 5.73. The lowest BCUT2D eigenvalue weighted by Crippen LogP contribution is -2.63. The van der Waals surface area contributed by atoms with Crippen molar-refractivity contribution in [2.45, 2.75) is 42.5 Å². The van der Waals surface area contributed by atoms with E-state index >= 15 is 0 Å². The Hall–Kier alpha value is 0.150. The van der Waals surface area contributed by atoms with Gasteiger partial charge in [-0.05, 0) is 18.9 Å². The lowest BCUT2D eigenvalue weighted by molar-refractivity contribution is 0.101. The summed E-state index contributed by atoms with van der Waals surface area (Å²) >= 11 is 13.1. The van der Waals surface area contributed by atoms with Crippen LogP contribution in [0.15, 0.2) is 11.0 Å². The number of nitrogens with zero attached hydrogens (tertiary/aromatic N) is 1. The SMILES string of the molecule is O=S(=O)(c1cc(Cl)sc1Cl)N1CCNCC12CCCCC2. The van der Waals surface area contributed by atoms with Crippen molar-refractivity contribution in [3.63, 3.8) is 0 Å². The first-order valence-corrected chi connectivity index (χ1v) is 10.2. The molecule has 4 nitrogen and oxygen atoms in total. The molecule has 0 unspecified atom stereocenters. The normalized spacial score (nSPS) is 23.5. The second kappa shape index (κ2) is 5.98. The van der Waals surface area contributed by atoms with Gasteiger partial charge in [0.1, 0.15) is 9.23 Å². The summed E-state index contributed by atoms with van der Waals surface area (Å²) in [6, 6.07) is 1.47. The summed E-state index contributed by atoms with van der Waals surface area (Å²) < 4.78 is 28.5. The topological polar surface area (TPSA) is 49.4 Å². The van der Waals surface area contributed by atoms with E-state index in [0.29, 0.717) is 17.4 Å². The molecule has 1 aromatic heterocycles. The van der Waals surface area contributed by atoms with Crippen molar-refractivity contribution >= 4 is 44.6 Å². The van der Waals surface area contributed by atoms with E-state index in [1.165, 1.54) is 12.5 Å². The summed E-state index contributed by atoms with van der Waals surface area (Å²) in [5.74, 6) is 0. The molecule has 1 aromatic rings. The van der Waals surface area contributed by atoms with Crippen LogP contribution >= 0.6 is 34.5 Å². The Morgan fingerprint density at radius 2 is 1.95 bits per heavy atom. The predicted octanol–water partition coefficient (Wildman–Crippen LogP) is 3.35. The monoisotopic (exact) mass is 368 g/mol. The average Bonchev–Trinajstić information content (AvgIpc) is 2.80. The Labute approximate surface area is 139 Å². The molecule has 118 valence electrons. The molecule has 8 heteroatoms. The Balaban J connectivity index is 2.01. The predicted molar refractivity (Wildman–Crippen MR) is 86.9 cm³/mol. The van der Waals surface area contributed by atoms with E-state index in [-0.39, 0.29) is 14.8 Å². The number of sulfonamides is 1. The van der Waals surface area contributed by atoms with E-state index in [0.717, 1.165) is 43.6 Å². The number of rotatable bonds is 2. The number of hydrogen-bond donors (Lipinski definition) is 1. The highest BCUT2D eigenvalue weighted by atomic mass is 35.5. The highest BCUT2D eigenvalue weighted by Crippen LogP contribution is 2.41. The molecule has 1 saturated carbocycles. The van der Waals surface area contributed by atoms with Gasteiger partial charge in [0.05, 0.1) is 4.34 Å². The first kappa shape index (κ1) is 16.0. The fraction of sp³-hybridized carbons (Fsp3) is 0.692. The van der Waals surface area contributed by atoms with Crippen molar-refractivity contribution < 1.29 is 8.42 Å². The molecule has 2 heterocycles. The maximum atomic E-state index is 13.1. The molecule has 3 rings (SSSR count). The molecule has 1 aliphatic heterocycles. The van der Waals surface area contributed by atoms with Gasteiger partial charge in [-0.1, -0.05) is 42.5 Å². The van der Waals surface area contributed by atoms with E-state index in [9.17, 15) is 8.42 Å². The molecule has 1 saturated heterocycles. The largest absolute Gasteiger partial charge is 0.314 e. The van der Waals surface area contributed by atoms with Crippen LogP contribution in [0, 0.1) is 0 Å². The molecule has 0 atom stereocenters. The van der Waals surface area contributed by atoms with Crippen LogP contribution < -0.4 is 5.32 Å². The molecule has 0 bridgehead atoms. The maximum absolute atomic E-state index is 13.1. The first-order chi connectivity index (χ1) is 9.96. The molecule has 0 radical (unpaired) electrons. The van der Waals surface area contributed by atoms with Gasteiger partial charge < -0.3 is 5.32 Å². The Morgan fingerprint density at radius 1 is 1.24 bits per heavy atom. The van der Waals surface area contributed by atoms with Crippen LogP contribution in [0.1, 0.15) is 32.1 Å². The number of halogens is 2. The van der Waals surface area contributed by atoms with E-state index in [4.69, 9.17) is 23.2 Å². The number of thiophene rings is 1. The second-order valence-corrected chi connectivity index (χ2v) is 9.84. The molecule has 2 aliphatic rings. The zero-order chi connectivity index (χ0) is 15.1. The summed E-state index contributed by atoms with van der Waals surface area (Å²) in [7, 11) is -3.59. The van der Waals surface area contributed by atoms with Gasteiger partial charge in [0.15, 0.2) is 0 Å². The Morgan fingerprint density at radius 3 is 2.57 bits per heavy atom.